The van der Waals surface area contributed by atoms with Gasteiger partial charge < -0.3 is 5.73 Å². The number of rotatable bonds is 2. The van der Waals surface area contributed by atoms with Gasteiger partial charge in [-0.1, -0.05) is 12.8 Å². The fourth-order valence-corrected chi connectivity index (χ4v) is 4.82. The second-order valence-corrected chi connectivity index (χ2v) is 7.83. The Morgan fingerprint density at radius 3 is 2.75 bits per heavy atom. The van der Waals surface area contributed by atoms with E-state index in [1.54, 1.807) is 0 Å². The molecule has 1 aliphatic heterocycles. The number of hydrogen-bond donors (Lipinski definition) is 1. The van der Waals surface area contributed by atoms with Crippen LogP contribution in [0.1, 0.15) is 32.6 Å². The molecule has 0 aromatic heterocycles. The van der Waals surface area contributed by atoms with E-state index in [0.717, 1.165) is 31.7 Å². The Bertz CT molecular complexity index is 607. The van der Waals surface area contributed by atoms with Crippen LogP contribution in [-0.2, 0) is 10.0 Å². The van der Waals surface area contributed by atoms with Gasteiger partial charge in [0.05, 0.1) is 10.2 Å². The number of nitrogens with zero attached hydrogens (tertiary/aromatic N) is 1. The standard InChI is InChI=1S/C13H18BrFN2O2S/c1-9-5-3-2-4-6-17(9)20(18,19)13-7-10(14)11(15)8-12(13)16/h7-9H,2-6,16H2,1H3. The van der Waals surface area contributed by atoms with Crippen molar-refractivity contribution >= 4 is 31.6 Å². The van der Waals surface area contributed by atoms with Crippen molar-refractivity contribution < 1.29 is 12.8 Å². The molecule has 2 N–H and O–H groups in total. The van der Waals surface area contributed by atoms with Crippen molar-refractivity contribution in [3.8, 4) is 0 Å². The summed E-state index contributed by atoms with van der Waals surface area (Å²) in [6.45, 7) is 2.38. The van der Waals surface area contributed by atoms with Crippen molar-refractivity contribution in [3.63, 3.8) is 0 Å². The van der Waals surface area contributed by atoms with E-state index in [-0.39, 0.29) is 21.1 Å². The zero-order chi connectivity index (χ0) is 14.9. The number of hydrogen-bond acceptors (Lipinski definition) is 3. The number of anilines is 1. The molecular weight excluding hydrogens is 347 g/mol. The van der Waals surface area contributed by atoms with Crippen LogP contribution in [0.3, 0.4) is 0 Å². The van der Waals surface area contributed by atoms with Crippen LogP contribution in [0.25, 0.3) is 0 Å². The summed E-state index contributed by atoms with van der Waals surface area (Å²) in [4.78, 5) is -0.0282. The largest absolute Gasteiger partial charge is 0.398 e. The monoisotopic (exact) mass is 364 g/mol. The summed E-state index contributed by atoms with van der Waals surface area (Å²) in [6, 6.07) is 2.22. The molecule has 1 saturated heterocycles. The highest BCUT2D eigenvalue weighted by molar-refractivity contribution is 9.10. The summed E-state index contributed by atoms with van der Waals surface area (Å²) in [5, 5.41) is 0. The Labute approximate surface area is 127 Å². The maximum absolute atomic E-state index is 13.4. The van der Waals surface area contributed by atoms with Crippen molar-refractivity contribution in [1.82, 2.24) is 4.31 Å². The third-order valence-electron chi connectivity index (χ3n) is 3.63. The van der Waals surface area contributed by atoms with E-state index in [4.69, 9.17) is 5.73 Å². The Morgan fingerprint density at radius 1 is 1.35 bits per heavy atom. The van der Waals surface area contributed by atoms with E-state index < -0.39 is 15.8 Å². The van der Waals surface area contributed by atoms with Crippen molar-refractivity contribution in [2.45, 2.75) is 43.5 Å². The lowest BCUT2D eigenvalue weighted by atomic mass is 10.1. The van der Waals surface area contributed by atoms with Gasteiger partial charge in [0.1, 0.15) is 10.7 Å². The molecule has 7 heteroatoms. The van der Waals surface area contributed by atoms with E-state index >= 15 is 0 Å². The first-order valence-electron chi connectivity index (χ1n) is 6.60. The number of nitrogen functional groups attached to an aromatic ring is 1. The maximum Gasteiger partial charge on any atom is 0.245 e. The van der Waals surface area contributed by atoms with Gasteiger partial charge >= 0.3 is 0 Å². The van der Waals surface area contributed by atoms with E-state index in [1.807, 2.05) is 6.92 Å². The fraction of sp³-hybridized carbons (Fsp3) is 0.538. The number of sulfonamides is 1. The van der Waals surface area contributed by atoms with Gasteiger partial charge in [-0.25, -0.2) is 12.8 Å². The maximum atomic E-state index is 13.4. The molecule has 1 aromatic carbocycles. The van der Waals surface area contributed by atoms with Gasteiger partial charge in [0, 0.05) is 12.6 Å². The fourth-order valence-electron chi connectivity index (χ4n) is 2.50. The lowest BCUT2D eigenvalue weighted by molar-refractivity contribution is 0.342. The van der Waals surface area contributed by atoms with Crippen molar-refractivity contribution in [2.24, 2.45) is 0 Å². The van der Waals surface area contributed by atoms with Crippen LogP contribution in [0.4, 0.5) is 10.1 Å². The lowest BCUT2D eigenvalue weighted by Crippen LogP contribution is -2.38. The molecule has 20 heavy (non-hydrogen) atoms. The predicted molar refractivity (Wildman–Crippen MR) is 80.3 cm³/mol. The van der Waals surface area contributed by atoms with E-state index in [1.165, 1.54) is 10.4 Å². The summed E-state index contributed by atoms with van der Waals surface area (Å²) in [5.74, 6) is -0.564. The first kappa shape index (κ1) is 15.7. The van der Waals surface area contributed by atoms with Crippen LogP contribution in [0.5, 0.6) is 0 Å². The molecule has 1 atom stereocenters. The third kappa shape index (κ3) is 2.99. The molecule has 112 valence electrons. The van der Waals surface area contributed by atoms with Crippen molar-refractivity contribution in [2.75, 3.05) is 12.3 Å². The van der Waals surface area contributed by atoms with Gasteiger partial charge in [0.25, 0.3) is 0 Å². The van der Waals surface area contributed by atoms with Gasteiger partial charge in [-0.05, 0) is 47.8 Å². The van der Waals surface area contributed by atoms with E-state index in [9.17, 15) is 12.8 Å². The molecule has 0 bridgehead atoms. The summed E-state index contributed by atoms with van der Waals surface area (Å²) in [7, 11) is -3.69. The minimum atomic E-state index is -3.69. The van der Waals surface area contributed by atoms with Crippen molar-refractivity contribution in [3.05, 3.63) is 22.4 Å². The van der Waals surface area contributed by atoms with Crippen LogP contribution < -0.4 is 5.73 Å². The number of benzene rings is 1. The normalized spacial score (nSPS) is 21.6. The zero-order valence-electron chi connectivity index (χ0n) is 11.3. The average molecular weight is 365 g/mol. The van der Waals surface area contributed by atoms with Gasteiger partial charge in [-0.15, -0.1) is 0 Å². The molecule has 1 aromatic rings. The smallest absolute Gasteiger partial charge is 0.245 e. The van der Waals surface area contributed by atoms with Gasteiger partial charge in [0.15, 0.2) is 0 Å². The van der Waals surface area contributed by atoms with E-state index in [0.29, 0.717) is 6.54 Å². The highest BCUT2D eigenvalue weighted by atomic mass is 79.9. The zero-order valence-corrected chi connectivity index (χ0v) is 13.7. The van der Waals surface area contributed by atoms with Gasteiger partial charge in [-0.3, -0.25) is 0 Å². The lowest BCUT2D eigenvalue weighted by Gasteiger charge is -2.26. The van der Waals surface area contributed by atoms with Crippen molar-refractivity contribution in [1.29, 1.82) is 0 Å². The first-order valence-corrected chi connectivity index (χ1v) is 8.83. The summed E-state index contributed by atoms with van der Waals surface area (Å²) in [5.41, 5.74) is 5.65. The summed E-state index contributed by atoms with van der Waals surface area (Å²) >= 11 is 3.01. The summed E-state index contributed by atoms with van der Waals surface area (Å²) in [6.07, 6.45) is 3.72. The van der Waals surface area contributed by atoms with Gasteiger partial charge in [0.2, 0.25) is 10.0 Å². The van der Waals surface area contributed by atoms with Crippen LogP contribution in [-0.4, -0.2) is 25.3 Å². The molecule has 1 aliphatic rings. The van der Waals surface area contributed by atoms with Crippen LogP contribution >= 0.6 is 15.9 Å². The minimum absolute atomic E-state index is 0.0282. The topological polar surface area (TPSA) is 63.4 Å². The molecule has 0 aliphatic carbocycles. The molecule has 0 spiro atoms. The molecule has 1 unspecified atom stereocenters. The first-order chi connectivity index (χ1) is 9.34. The Hall–Kier alpha value is -0.660. The quantitative estimate of drug-likeness (QED) is 0.819. The number of nitrogens with two attached hydrogens (primary N) is 1. The SMILES string of the molecule is CC1CCCCCN1S(=O)(=O)c1cc(Br)c(F)cc1N. The highest BCUT2D eigenvalue weighted by Crippen LogP contribution is 2.31. The molecular formula is C13H18BrFN2O2S. The Kier molecular flexibility index (Phi) is 4.71. The molecule has 0 radical (unpaired) electrons. The molecule has 2 rings (SSSR count). The van der Waals surface area contributed by atoms with Crippen LogP contribution in [0.15, 0.2) is 21.5 Å². The molecule has 0 saturated carbocycles. The second-order valence-electron chi connectivity index (χ2n) is 5.12. The summed E-state index contributed by atoms with van der Waals surface area (Å²) < 4.78 is 40.5. The Morgan fingerprint density at radius 2 is 2.05 bits per heavy atom. The van der Waals surface area contributed by atoms with Gasteiger partial charge in [-0.2, -0.15) is 4.31 Å². The minimum Gasteiger partial charge on any atom is -0.398 e. The molecule has 4 nitrogen and oxygen atoms in total. The Balaban J connectivity index is 2.46. The molecule has 1 heterocycles. The number of halogens is 2. The van der Waals surface area contributed by atoms with Crippen LogP contribution in [0, 0.1) is 5.82 Å². The third-order valence-corrected chi connectivity index (χ3v) is 6.31. The average Bonchev–Trinajstić information content (AvgIpc) is 2.58. The predicted octanol–water partition coefficient (Wildman–Crippen LogP) is 3.12. The molecule has 0 amide bonds. The highest BCUT2D eigenvalue weighted by Gasteiger charge is 2.31. The second kappa shape index (κ2) is 5.99. The van der Waals surface area contributed by atoms with E-state index in [2.05, 4.69) is 15.9 Å². The molecule has 1 fully saturated rings. The van der Waals surface area contributed by atoms with Crippen LogP contribution in [0.2, 0.25) is 0 Å².